The number of thioether (sulfide) groups is 1. The van der Waals surface area contributed by atoms with Crippen LogP contribution in [0.15, 0.2) is 71.9 Å². The molecular weight excluding hydrogens is 428 g/mol. The Morgan fingerprint density at radius 3 is 2.39 bits per heavy atom. The predicted octanol–water partition coefficient (Wildman–Crippen LogP) is 4.22. The molecule has 0 saturated heterocycles. The molecule has 31 heavy (non-hydrogen) atoms. The number of hydrogen-bond acceptors (Lipinski definition) is 6. The summed E-state index contributed by atoms with van der Waals surface area (Å²) in [6, 6.07) is 22.0. The third-order valence-electron chi connectivity index (χ3n) is 4.76. The molecule has 0 atom stereocenters. The number of primary amides is 1. The summed E-state index contributed by atoms with van der Waals surface area (Å²) < 4.78 is 3.93. The summed E-state index contributed by atoms with van der Waals surface area (Å²) in [6.45, 7) is 2.01. The molecule has 0 aliphatic heterocycles. The van der Waals surface area contributed by atoms with E-state index in [1.807, 2.05) is 76.8 Å². The monoisotopic (exact) mass is 446 g/mol. The van der Waals surface area contributed by atoms with Gasteiger partial charge in [-0.15, -0.1) is 21.5 Å². The van der Waals surface area contributed by atoms with Crippen LogP contribution in [0.2, 0.25) is 0 Å². The minimum Gasteiger partial charge on any atom is -0.369 e. The van der Waals surface area contributed by atoms with Gasteiger partial charge < -0.3 is 5.73 Å². The zero-order chi connectivity index (χ0) is 21.4. The van der Waals surface area contributed by atoms with E-state index in [1.165, 1.54) is 11.8 Å². The molecule has 0 spiro atoms. The average Bonchev–Trinajstić information content (AvgIpc) is 3.48. The summed E-state index contributed by atoms with van der Waals surface area (Å²) in [5, 5.41) is 15.2. The zero-order valence-electron chi connectivity index (χ0n) is 16.6. The first-order valence-electron chi connectivity index (χ1n) is 9.58. The lowest BCUT2D eigenvalue weighted by molar-refractivity contribution is -0.115. The highest BCUT2D eigenvalue weighted by atomic mass is 32.2. The van der Waals surface area contributed by atoms with Gasteiger partial charge in [-0.3, -0.25) is 9.36 Å². The summed E-state index contributed by atoms with van der Waals surface area (Å²) >= 11 is 2.89. The van der Waals surface area contributed by atoms with Gasteiger partial charge in [0.1, 0.15) is 4.83 Å². The van der Waals surface area contributed by atoms with Crippen molar-refractivity contribution in [3.8, 4) is 22.1 Å². The smallest absolute Gasteiger partial charge is 0.227 e. The molecule has 2 aromatic carbocycles. The molecule has 3 heterocycles. The third-order valence-corrected chi connectivity index (χ3v) is 6.81. The molecule has 3 aromatic heterocycles. The highest BCUT2D eigenvalue weighted by Gasteiger charge is 2.21. The number of aryl methyl sites for hydroxylation is 1. The number of carbonyl (C=O) groups excluding carboxylic acids is 1. The van der Waals surface area contributed by atoms with Crippen molar-refractivity contribution >= 4 is 39.2 Å². The van der Waals surface area contributed by atoms with E-state index < -0.39 is 5.91 Å². The van der Waals surface area contributed by atoms with Crippen molar-refractivity contribution < 1.29 is 4.79 Å². The number of carbonyl (C=O) groups is 1. The van der Waals surface area contributed by atoms with Gasteiger partial charge >= 0.3 is 0 Å². The van der Waals surface area contributed by atoms with Gasteiger partial charge in [0.25, 0.3) is 0 Å². The van der Waals surface area contributed by atoms with Crippen LogP contribution >= 0.6 is 23.1 Å². The Bertz CT molecular complexity index is 1370. The standard InChI is InChI=1S/C22H18N6OS2/c1-14-17-12-18(31-21(17)28(26-14)16-10-6-3-7-11-16)20-24-25-22(30-13-19(23)29)27(20)15-8-4-2-5-9-15/h2-12H,13H2,1H3,(H2,23,29). The summed E-state index contributed by atoms with van der Waals surface area (Å²) in [4.78, 5) is 13.3. The van der Waals surface area contributed by atoms with E-state index in [2.05, 4.69) is 16.3 Å². The van der Waals surface area contributed by atoms with Crippen LogP contribution in [0.3, 0.4) is 0 Å². The second-order valence-electron chi connectivity index (χ2n) is 6.89. The number of fused-ring (bicyclic) bond motifs is 1. The highest BCUT2D eigenvalue weighted by molar-refractivity contribution is 7.99. The molecule has 0 radical (unpaired) electrons. The molecule has 154 valence electrons. The molecule has 1 amide bonds. The molecule has 0 aliphatic rings. The van der Waals surface area contributed by atoms with E-state index in [9.17, 15) is 4.79 Å². The fraction of sp³-hybridized carbons (Fsp3) is 0.0909. The van der Waals surface area contributed by atoms with Crippen LogP contribution in [0.5, 0.6) is 0 Å². The Labute approximate surface area is 186 Å². The number of benzene rings is 2. The Hall–Kier alpha value is -3.43. The van der Waals surface area contributed by atoms with Crippen LogP contribution in [0, 0.1) is 6.92 Å². The summed E-state index contributed by atoms with van der Waals surface area (Å²) in [5.41, 5.74) is 8.24. The minimum atomic E-state index is -0.394. The van der Waals surface area contributed by atoms with Crippen LogP contribution in [0.25, 0.3) is 32.3 Å². The molecule has 2 N–H and O–H groups in total. The van der Waals surface area contributed by atoms with Crippen molar-refractivity contribution in [2.45, 2.75) is 12.1 Å². The topological polar surface area (TPSA) is 91.6 Å². The van der Waals surface area contributed by atoms with Crippen molar-refractivity contribution in [1.82, 2.24) is 24.5 Å². The first-order chi connectivity index (χ1) is 15.1. The van der Waals surface area contributed by atoms with Crippen molar-refractivity contribution in [1.29, 1.82) is 0 Å². The number of nitrogens with two attached hydrogens (primary N) is 1. The van der Waals surface area contributed by atoms with Crippen LogP contribution in [-0.4, -0.2) is 36.2 Å². The molecule has 0 unspecified atom stereocenters. The number of para-hydroxylation sites is 2. The average molecular weight is 447 g/mol. The van der Waals surface area contributed by atoms with Gasteiger partial charge in [-0.05, 0) is 37.3 Å². The third kappa shape index (κ3) is 3.62. The fourth-order valence-corrected chi connectivity index (χ4v) is 5.22. The van der Waals surface area contributed by atoms with Crippen molar-refractivity contribution in [3.63, 3.8) is 0 Å². The lowest BCUT2D eigenvalue weighted by atomic mass is 10.3. The molecule has 9 heteroatoms. The number of hydrogen-bond donors (Lipinski definition) is 1. The lowest BCUT2D eigenvalue weighted by Crippen LogP contribution is -2.13. The van der Waals surface area contributed by atoms with E-state index in [4.69, 9.17) is 10.8 Å². The molecule has 5 aromatic rings. The van der Waals surface area contributed by atoms with Gasteiger partial charge in [0.15, 0.2) is 11.0 Å². The Kier molecular flexibility index (Phi) is 5.05. The summed E-state index contributed by atoms with van der Waals surface area (Å²) in [5.74, 6) is 0.465. The Balaban J connectivity index is 1.66. The number of amides is 1. The molecule has 0 bridgehead atoms. The van der Waals surface area contributed by atoms with Gasteiger partial charge in [0.2, 0.25) is 5.91 Å². The summed E-state index contributed by atoms with van der Waals surface area (Å²) in [6.07, 6.45) is 0. The first-order valence-corrected chi connectivity index (χ1v) is 11.4. The van der Waals surface area contributed by atoms with Gasteiger partial charge in [-0.1, -0.05) is 48.2 Å². The SMILES string of the molecule is Cc1nn(-c2ccccc2)c2sc(-c3nnc(SCC(N)=O)n3-c3ccccc3)cc12. The zero-order valence-corrected chi connectivity index (χ0v) is 18.2. The molecular formula is C22H18N6OS2. The maximum absolute atomic E-state index is 11.3. The fourth-order valence-electron chi connectivity index (χ4n) is 3.37. The van der Waals surface area contributed by atoms with Crippen molar-refractivity contribution in [2.75, 3.05) is 5.75 Å². The van der Waals surface area contributed by atoms with Crippen LogP contribution in [-0.2, 0) is 4.79 Å². The Morgan fingerprint density at radius 2 is 1.71 bits per heavy atom. The Morgan fingerprint density at radius 1 is 1.03 bits per heavy atom. The number of aromatic nitrogens is 5. The molecule has 0 saturated carbocycles. The van der Waals surface area contributed by atoms with Crippen molar-refractivity contribution in [2.24, 2.45) is 5.73 Å². The molecule has 7 nitrogen and oxygen atoms in total. The van der Waals surface area contributed by atoms with Gasteiger partial charge in [-0.2, -0.15) is 5.10 Å². The second-order valence-corrected chi connectivity index (χ2v) is 8.87. The maximum Gasteiger partial charge on any atom is 0.227 e. The number of nitrogens with zero attached hydrogens (tertiary/aromatic N) is 5. The van der Waals surface area contributed by atoms with E-state index in [1.54, 1.807) is 11.3 Å². The van der Waals surface area contributed by atoms with Crippen LogP contribution < -0.4 is 5.73 Å². The van der Waals surface area contributed by atoms with E-state index in [-0.39, 0.29) is 5.75 Å². The van der Waals surface area contributed by atoms with E-state index >= 15 is 0 Å². The molecule has 5 rings (SSSR count). The van der Waals surface area contributed by atoms with Crippen LogP contribution in [0.1, 0.15) is 5.69 Å². The van der Waals surface area contributed by atoms with Gasteiger partial charge in [0, 0.05) is 11.1 Å². The summed E-state index contributed by atoms with van der Waals surface area (Å²) in [7, 11) is 0. The van der Waals surface area contributed by atoms with Crippen LogP contribution in [0.4, 0.5) is 0 Å². The van der Waals surface area contributed by atoms with Gasteiger partial charge in [0.05, 0.1) is 22.0 Å². The minimum absolute atomic E-state index is 0.138. The van der Waals surface area contributed by atoms with Gasteiger partial charge in [-0.25, -0.2) is 4.68 Å². The second kappa shape index (κ2) is 8.01. The maximum atomic E-state index is 11.3. The largest absolute Gasteiger partial charge is 0.369 e. The highest BCUT2D eigenvalue weighted by Crippen LogP contribution is 2.37. The lowest BCUT2D eigenvalue weighted by Gasteiger charge is -2.08. The predicted molar refractivity (Wildman–Crippen MR) is 124 cm³/mol. The number of rotatable bonds is 6. The molecule has 0 aliphatic carbocycles. The molecule has 0 fully saturated rings. The normalized spacial score (nSPS) is 11.3. The van der Waals surface area contributed by atoms with E-state index in [0.29, 0.717) is 5.16 Å². The van der Waals surface area contributed by atoms with E-state index in [0.717, 1.165) is 38.0 Å². The quantitative estimate of drug-likeness (QED) is 0.394. The first kappa shape index (κ1) is 19.5. The number of thiophene rings is 1. The van der Waals surface area contributed by atoms with Crippen molar-refractivity contribution in [3.05, 3.63) is 72.4 Å².